The van der Waals surface area contributed by atoms with Gasteiger partial charge in [0, 0.05) is 30.5 Å². The van der Waals surface area contributed by atoms with Crippen molar-refractivity contribution in [3.8, 4) is 0 Å². The zero-order valence-corrected chi connectivity index (χ0v) is 16.8. The van der Waals surface area contributed by atoms with E-state index in [4.69, 9.17) is 5.11 Å². The van der Waals surface area contributed by atoms with Gasteiger partial charge in [-0.3, -0.25) is 9.80 Å². The highest BCUT2D eigenvalue weighted by Crippen LogP contribution is 2.28. The summed E-state index contributed by atoms with van der Waals surface area (Å²) in [6, 6.07) is 13.7. The second-order valence-electron chi connectivity index (χ2n) is 7.05. The molecule has 0 saturated carbocycles. The summed E-state index contributed by atoms with van der Waals surface area (Å²) in [7, 11) is 0. The van der Waals surface area contributed by atoms with E-state index in [-0.39, 0.29) is 18.4 Å². The van der Waals surface area contributed by atoms with Gasteiger partial charge in [0.1, 0.15) is 0 Å². The Labute approximate surface area is 176 Å². The molecule has 2 aliphatic heterocycles. The second-order valence-corrected chi connectivity index (χ2v) is 7.05. The van der Waals surface area contributed by atoms with Gasteiger partial charge in [-0.2, -0.15) is 0 Å². The molecule has 29 heavy (non-hydrogen) atoms. The highest BCUT2D eigenvalue weighted by Gasteiger charge is 2.31. The van der Waals surface area contributed by atoms with Crippen molar-refractivity contribution in [3.05, 3.63) is 65.2 Å². The molecule has 2 N–H and O–H groups in total. The van der Waals surface area contributed by atoms with Gasteiger partial charge in [-0.05, 0) is 73.0 Å². The molecule has 2 amide bonds. The topological polar surface area (TPSA) is 72.9 Å². The van der Waals surface area contributed by atoms with Crippen molar-refractivity contribution < 1.29 is 14.7 Å². The van der Waals surface area contributed by atoms with Crippen LogP contribution >= 0.6 is 12.4 Å². The fourth-order valence-electron chi connectivity index (χ4n) is 3.78. The van der Waals surface area contributed by atoms with Crippen molar-refractivity contribution >= 4 is 41.9 Å². The summed E-state index contributed by atoms with van der Waals surface area (Å²) < 4.78 is 0. The number of fused-ring (bicyclic) bond motifs is 1. The first-order valence-corrected chi connectivity index (χ1v) is 9.54. The predicted octanol–water partition coefficient (Wildman–Crippen LogP) is 3.34. The van der Waals surface area contributed by atoms with E-state index in [0.717, 1.165) is 48.9 Å². The van der Waals surface area contributed by atoms with Crippen LogP contribution in [0, 0.1) is 0 Å². The van der Waals surface area contributed by atoms with Crippen LogP contribution in [0.4, 0.5) is 16.2 Å². The van der Waals surface area contributed by atoms with Gasteiger partial charge in [0.05, 0.1) is 0 Å². The van der Waals surface area contributed by atoms with Crippen molar-refractivity contribution in [1.29, 1.82) is 0 Å². The fourth-order valence-corrected chi connectivity index (χ4v) is 3.78. The molecule has 152 valence electrons. The van der Waals surface area contributed by atoms with E-state index in [1.54, 1.807) is 4.90 Å². The maximum absolute atomic E-state index is 13.0. The Balaban J connectivity index is 0.00000240. The van der Waals surface area contributed by atoms with Gasteiger partial charge in [-0.25, -0.2) is 9.59 Å². The number of halogens is 1. The highest BCUT2D eigenvalue weighted by molar-refractivity contribution is 6.06. The number of rotatable bonds is 4. The predicted molar refractivity (Wildman–Crippen MR) is 117 cm³/mol. The fraction of sp³-hybridized carbons (Fsp3) is 0.273. The standard InChI is InChI=1S/C22H23N3O3.ClH/c26-21(27)8-3-16-1-5-19(6-2-16)24-13-14-25(22(24)28)20-7-4-17-9-11-23-12-10-18(17)15-20;/h1-8,15,23H,9-14H2,(H,26,27);1H. The van der Waals surface area contributed by atoms with Crippen LogP contribution in [0.3, 0.4) is 0 Å². The van der Waals surface area contributed by atoms with Crippen LogP contribution in [-0.2, 0) is 17.6 Å². The first-order valence-electron chi connectivity index (χ1n) is 9.54. The lowest BCUT2D eigenvalue weighted by atomic mass is 10.0. The Morgan fingerprint density at radius 2 is 1.55 bits per heavy atom. The Bertz CT molecular complexity index is 927. The summed E-state index contributed by atoms with van der Waals surface area (Å²) in [6.07, 6.45) is 4.65. The number of nitrogens with one attached hydrogen (secondary N) is 1. The third-order valence-corrected chi connectivity index (χ3v) is 5.28. The van der Waals surface area contributed by atoms with Crippen LogP contribution in [0.5, 0.6) is 0 Å². The summed E-state index contributed by atoms with van der Waals surface area (Å²) in [5, 5.41) is 12.1. The zero-order chi connectivity index (χ0) is 19.5. The van der Waals surface area contributed by atoms with E-state index in [1.807, 2.05) is 35.2 Å². The SMILES string of the molecule is Cl.O=C(O)C=Cc1ccc(N2CCN(c3ccc4c(c3)CCNCC4)C2=O)cc1. The lowest BCUT2D eigenvalue weighted by Gasteiger charge is -2.20. The molecule has 0 unspecified atom stereocenters. The Kier molecular flexibility index (Phi) is 6.56. The summed E-state index contributed by atoms with van der Waals surface area (Å²) in [4.78, 5) is 27.2. The molecule has 0 aromatic heterocycles. The number of urea groups is 1. The first kappa shape index (κ1) is 20.9. The summed E-state index contributed by atoms with van der Waals surface area (Å²) >= 11 is 0. The van der Waals surface area contributed by atoms with E-state index in [2.05, 4.69) is 17.4 Å². The van der Waals surface area contributed by atoms with Crippen molar-refractivity contribution in [1.82, 2.24) is 5.32 Å². The van der Waals surface area contributed by atoms with Gasteiger partial charge in [-0.1, -0.05) is 18.2 Å². The molecule has 7 heteroatoms. The van der Waals surface area contributed by atoms with Crippen LogP contribution in [0.25, 0.3) is 6.08 Å². The summed E-state index contributed by atoms with van der Waals surface area (Å²) in [6.45, 7) is 3.25. The number of amides is 2. The highest BCUT2D eigenvalue weighted by atomic mass is 35.5. The number of carbonyl (C=O) groups is 2. The Morgan fingerprint density at radius 1 is 0.931 bits per heavy atom. The van der Waals surface area contributed by atoms with Crippen LogP contribution in [0.2, 0.25) is 0 Å². The maximum Gasteiger partial charge on any atom is 0.329 e. The summed E-state index contributed by atoms with van der Waals surface area (Å²) in [5.41, 5.74) is 5.24. The molecule has 2 aromatic rings. The lowest BCUT2D eigenvalue weighted by molar-refractivity contribution is -0.131. The first-order chi connectivity index (χ1) is 13.6. The minimum Gasteiger partial charge on any atom is -0.478 e. The van der Waals surface area contributed by atoms with Gasteiger partial charge in [-0.15, -0.1) is 12.4 Å². The molecule has 0 bridgehead atoms. The van der Waals surface area contributed by atoms with Crippen LogP contribution < -0.4 is 15.1 Å². The smallest absolute Gasteiger partial charge is 0.329 e. The largest absolute Gasteiger partial charge is 0.478 e. The van der Waals surface area contributed by atoms with E-state index < -0.39 is 5.97 Å². The number of hydrogen-bond acceptors (Lipinski definition) is 3. The van der Waals surface area contributed by atoms with Crippen LogP contribution in [0.1, 0.15) is 16.7 Å². The molecule has 6 nitrogen and oxygen atoms in total. The molecule has 1 saturated heterocycles. The summed E-state index contributed by atoms with van der Waals surface area (Å²) in [5.74, 6) is -0.981. The molecule has 2 aromatic carbocycles. The van der Waals surface area contributed by atoms with E-state index in [1.165, 1.54) is 17.2 Å². The molecular weight excluding hydrogens is 390 g/mol. The van der Waals surface area contributed by atoms with Crippen LogP contribution in [0.15, 0.2) is 48.5 Å². The number of hydrogen-bond donors (Lipinski definition) is 2. The van der Waals surface area contributed by atoms with Gasteiger partial charge in [0.25, 0.3) is 0 Å². The van der Waals surface area contributed by atoms with Crippen molar-refractivity contribution in [2.24, 2.45) is 0 Å². The number of benzene rings is 2. The molecular formula is C22H24ClN3O3. The molecule has 0 aliphatic carbocycles. The molecule has 0 spiro atoms. The molecule has 2 aliphatic rings. The van der Waals surface area contributed by atoms with Gasteiger partial charge >= 0.3 is 12.0 Å². The number of carbonyl (C=O) groups excluding carboxylic acids is 1. The number of carboxylic acids is 1. The third kappa shape index (κ3) is 4.60. The van der Waals surface area contributed by atoms with Crippen molar-refractivity contribution in [2.45, 2.75) is 12.8 Å². The number of carboxylic acid groups (broad SMARTS) is 1. The molecule has 2 heterocycles. The quantitative estimate of drug-likeness (QED) is 0.754. The molecule has 0 atom stereocenters. The minimum absolute atomic E-state index is 0. The number of anilines is 2. The maximum atomic E-state index is 13.0. The zero-order valence-electron chi connectivity index (χ0n) is 16.0. The molecule has 1 fully saturated rings. The van der Waals surface area contributed by atoms with E-state index >= 15 is 0 Å². The normalized spacial score (nSPS) is 16.5. The average molecular weight is 414 g/mol. The average Bonchev–Trinajstić information content (AvgIpc) is 2.93. The third-order valence-electron chi connectivity index (χ3n) is 5.28. The van der Waals surface area contributed by atoms with Crippen LogP contribution in [-0.4, -0.2) is 43.3 Å². The van der Waals surface area contributed by atoms with Gasteiger partial charge in [0.15, 0.2) is 0 Å². The lowest BCUT2D eigenvalue weighted by Crippen LogP contribution is -2.31. The monoisotopic (exact) mass is 413 g/mol. The Hall–Kier alpha value is -2.83. The number of aliphatic carboxylic acids is 1. The van der Waals surface area contributed by atoms with E-state index in [9.17, 15) is 9.59 Å². The molecule has 4 rings (SSSR count). The number of nitrogens with zero attached hydrogens (tertiary/aromatic N) is 2. The van der Waals surface area contributed by atoms with E-state index in [0.29, 0.717) is 13.1 Å². The second kappa shape index (κ2) is 9.11. The Morgan fingerprint density at radius 3 is 2.24 bits per heavy atom. The van der Waals surface area contributed by atoms with Gasteiger partial charge < -0.3 is 10.4 Å². The van der Waals surface area contributed by atoms with Gasteiger partial charge in [0.2, 0.25) is 0 Å². The van der Waals surface area contributed by atoms with Crippen molar-refractivity contribution in [3.63, 3.8) is 0 Å². The minimum atomic E-state index is -0.981. The molecule has 0 radical (unpaired) electrons. The van der Waals surface area contributed by atoms with Crippen molar-refractivity contribution in [2.75, 3.05) is 36.0 Å².